The van der Waals surface area contributed by atoms with Crippen molar-refractivity contribution in [1.29, 1.82) is 0 Å². The molecule has 144 valence electrons. The van der Waals surface area contributed by atoms with Crippen LogP contribution in [0.25, 0.3) is 0 Å². The van der Waals surface area contributed by atoms with Crippen molar-refractivity contribution in [2.75, 3.05) is 13.1 Å². The second kappa shape index (κ2) is 7.95. The Morgan fingerprint density at radius 3 is 2.37 bits per heavy atom. The molecule has 2 aromatic rings. The number of hydrogen-bond donors (Lipinski definition) is 0. The van der Waals surface area contributed by atoms with Gasteiger partial charge in [-0.25, -0.2) is 12.8 Å². The average molecular weight is 410 g/mol. The number of hydrogen-bond acceptors (Lipinski definition) is 5. The van der Waals surface area contributed by atoms with Gasteiger partial charge in [-0.15, -0.1) is 11.8 Å². The maximum absolute atomic E-state index is 13.1. The third-order valence-corrected chi connectivity index (χ3v) is 7.77. The maximum atomic E-state index is 13.1. The van der Waals surface area contributed by atoms with Crippen LogP contribution in [0.1, 0.15) is 30.6 Å². The molecular formula is C18H19FN2O4S2. The summed E-state index contributed by atoms with van der Waals surface area (Å²) in [4.78, 5) is 11.0. The predicted molar refractivity (Wildman–Crippen MR) is 102 cm³/mol. The van der Waals surface area contributed by atoms with Crippen molar-refractivity contribution in [3.8, 4) is 0 Å². The van der Waals surface area contributed by atoms with Crippen molar-refractivity contribution < 1.29 is 17.7 Å². The third-order valence-electron chi connectivity index (χ3n) is 4.46. The van der Waals surface area contributed by atoms with Gasteiger partial charge in [0.05, 0.1) is 4.92 Å². The van der Waals surface area contributed by atoms with Gasteiger partial charge in [0, 0.05) is 35.4 Å². The number of non-ortho nitro benzene ring substituents is 1. The van der Waals surface area contributed by atoms with E-state index in [0.29, 0.717) is 18.0 Å². The molecule has 3 rings (SSSR count). The Labute approximate surface area is 161 Å². The largest absolute Gasteiger partial charge is 0.270 e. The summed E-state index contributed by atoms with van der Waals surface area (Å²) in [6.45, 7) is 2.72. The predicted octanol–water partition coefficient (Wildman–Crippen LogP) is 4.37. The summed E-state index contributed by atoms with van der Waals surface area (Å²) in [5.74, 6) is -0.344. The molecule has 1 aliphatic heterocycles. The lowest BCUT2D eigenvalue weighted by atomic mass is 10.2. The summed E-state index contributed by atoms with van der Waals surface area (Å²) < 4.78 is 40.6. The van der Waals surface area contributed by atoms with E-state index in [-0.39, 0.29) is 21.7 Å². The van der Waals surface area contributed by atoms with E-state index >= 15 is 0 Å². The molecule has 0 spiro atoms. The monoisotopic (exact) mass is 410 g/mol. The Morgan fingerprint density at radius 1 is 1.15 bits per heavy atom. The minimum absolute atomic E-state index is 0.0439. The molecule has 0 aromatic heterocycles. The maximum Gasteiger partial charge on any atom is 0.270 e. The highest BCUT2D eigenvalue weighted by Crippen LogP contribution is 2.40. The topological polar surface area (TPSA) is 80.5 Å². The highest BCUT2D eigenvalue weighted by atomic mass is 32.2. The molecule has 6 nitrogen and oxygen atoms in total. The van der Waals surface area contributed by atoms with Crippen LogP contribution >= 0.6 is 11.8 Å². The molecule has 0 amide bonds. The summed E-state index contributed by atoms with van der Waals surface area (Å²) in [5, 5.41) is 11.0. The Morgan fingerprint density at radius 2 is 1.78 bits per heavy atom. The van der Waals surface area contributed by atoms with Gasteiger partial charge >= 0.3 is 0 Å². The van der Waals surface area contributed by atoms with Crippen molar-refractivity contribution in [2.24, 2.45) is 0 Å². The van der Waals surface area contributed by atoms with Crippen molar-refractivity contribution in [3.05, 3.63) is 64.0 Å². The van der Waals surface area contributed by atoms with Crippen LogP contribution in [0.3, 0.4) is 0 Å². The fraction of sp³-hybridized carbons (Fsp3) is 0.333. The fourth-order valence-electron chi connectivity index (χ4n) is 2.97. The molecule has 1 atom stereocenters. The lowest BCUT2D eigenvalue weighted by Crippen LogP contribution is -2.28. The molecule has 1 aliphatic rings. The molecule has 0 radical (unpaired) electrons. The minimum atomic E-state index is -3.81. The third kappa shape index (κ3) is 4.31. The van der Waals surface area contributed by atoms with E-state index in [4.69, 9.17) is 0 Å². The Bertz CT molecular complexity index is 942. The van der Waals surface area contributed by atoms with Gasteiger partial charge in [-0.2, -0.15) is 4.31 Å². The second-order valence-electron chi connectivity index (χ2n) is 6.31. The molecule has 2 aromatic carbocycles. The first-order valence-electron chi connectivity index (χ1n) is 8.50. The lowest BCUT2D eigenvalue weighted by molar-refractivity contribution is -0.385. The SMILES string of the molecule is CC(Sc1ccc([N+](=O)[O-])cc1S(=O)(=O)N1CCCC1)c1ccc(F)cc1. The van der Waals surface area contributed by atoms with Crippen molar-refractivity contribution in [1.82, 2.24) is 4.31 Å². The van der Waals surface area contributed by atoms with Gasteiger partial charge in [0.15, 0.2) is 0 Å². The van der Waals surface area contributed by atoms with Crippen molar-refractivity contribution >= 4 is 27.5 Å². The summed E-state index contributed by atoms with van der Waals surface area (Å²) in [5.41, 5.74) is 0.579. The first-order chi connectivity index (χ1) is 12.8. The summed E-state index contributed by atoms with van der Waals surface area (Å²) in [6.07, 6.45) is 1.56. The smallest absolute Gasteiger partial charge is 0.258 e. The molecule has 0 N–H and O–H groups in total. The zero-order chi connectivity index (χ0) is 19.6. The van der Waals surface area contributed by atoms with Crippen molar-refractivity contribution in [2.45, 2.75) is 34.8 Å². The Balaban J connectivity index is 1.99. The number of nitro benzene ring substituents is 1. The van der Waals surface area contributed by atoms with E-state index in [2.05, 4.69) is 0 Å². The van der Waals surface area contributed by atoms with E-state index in [0.717, 1.165) is 24.5 Å². The molecule has 27 heavy (non-hydrogen) atoms. The van der Waals surface area contributed by atoms with E-state index in [1.165, 1.54) is 40.3 Å². The van der Waals surface area contributed by atoms with Gasteiger partial charge < -0.3 is 0 Å². The number of nitro groups is 1. The molecule has 1 heterocycles. The summed E-state index contributed by atoms with van der Waals surface area (Å²) in [6, 6.07) is 9.91. The van der Waals surface area contributed by atoms with Gasteiger partial charge in [-0.05, 0) is 43.5 Å². The van der Waals surface area contributed by atoms with Crippen LogP contribution in [0.15, 0.2) is 52.3 Å². The standard InChI is InChI=1S/C18H19FN2O4S2/c1-13(14-4-6-15(19)7-5-14)26-17-9-8-16(21(22)23)12-18(17)27(24,25)20-10-2-3-11-20/h4-9,12-13H,2-3,10-11H2,1H3. The quantitative estimate of drug-likeness (QED) is 0.401. The van der Waals surface area contributed by atoms with Gasteiger partial charge in [0.25, 0.3) is 5.69 Å². The second-order valence-corrected chi connectivity index (χ2v) is 9.60. The zero-order valence-electron chi connectivity index (χ0n) is 14.7. The first-order valence-corrected chi connectivity index (χ1v) is 10.8. The molecule has 0 bridgehead atoms. The number of thioether (sulfide) groups is 1. The number of rotatable bonds is 6. The number of benzene rings is 2. The van der Waals surface area contributed by atoms with Gasteiger partial charge in [-0.1, -0.05) is 12.1 Å². The average Bonchev–Trinajstić information content (AvgIpc) is 3.17. The Hall–Kier alpha value is -1.97. The minimum Gasteiger partial charge on any atom is -0.258 e. The van der Waals surface area contributed by atoms with Crippen LogP contribution < -0.4 is 0 Å². The van der Waals surface area contributed by atoms with E-state index in [9.17, 15) is 22.9 Å². The van der Waals surface area contributed by atoms with Crippen LogP contribution in [-0.2, 0) is 10.0 Å². The molecule has 1 saturated heterocycles. The summed E-state index contributed by atoms with van der Waals surface area (Å²) in [7, 11) is -3.81. The lowest BCUT2D eigenvalue weighted by Gasteiger charge is -2.19. The number of nitrogens with zero attached hydrogens (tertiary/aromatic N) is 2. The fourth-order valence-corrected chi connectivity index (χ4v) is 6.03. The molecule has 0 saturated carbocycles. The molecule has 9 heteroatoms. The van der Waals surface area contributed by atoms with Gasteiger partial charge in [-0.3, -0.25) is 10.1 Å². The highest BCUT2D eigenvalue weighted by molar-refractivity contribution is 8.00. The van der Waals surface area contributed by atoms with E-state index in [1.807, 2.05) is 6.92 Å². The van der Waals surface area contributed by atoms with E-state index in [1.54, 1.807) is 12.1 Å². The van der Waals surface area contributed by atoms with E-state index < -0.39 is 14.9 Å². The van der Waals surface area contributed by atoms with Crippen molar-refractivity contribution in [3.63, 3.8) is 0 Å². The highest BCUT2D eigenvalue weighted by Gasteiger charge is 2.31. The molecule has 1 unspecified atom stereocenters. The van der Waals surface area contributed by atoms with Crippen LogP contribution in [0.5, 0.6) is 0 Å². The van der Waals surface area contributed by atoms with Crippen LogP contribution in [0.4, 0.5) is 10.1 Å². The number of sulfonamides is 1. The van der Waals surface area contributed by atoms with Crippen LogP contribution in [-0.4, -0.2) is 30.7 Å². The molecule has 0 aliphatic carbocycles. The number of halogens is 1. The van der Waals surface area contributed by atoms with Gasteiger partial charge in [0.2, 0.25) is 10.0 Å². The first kappa shape index (κ1) is 19.8. The van der Waals surface area contributed by atoms with Gasteiger partial charge in [0.1, 0.15) is 10.7 Å². The zero-order valence-corrected chi connectivity index (χ0v) is 16.3. The normalized spacial score (nSPS) is 16.4. The summed E-state index contributed by atoms with van der Waals surface area (Å²) >= 11 is 1.28. The Kier molecular flexibility index (Phi) is 5.83. The molecular weight excluding hydrogens is 391 g/mol. The van der Waals surface area contributed by atoms with Crippen LogP contribution in [0.2, 0.25) is 0 Å². The van der Waals surface area contributed by atoms with Crippen LogP contribution in [0, 0.1) is 15.9 Å². The molecule has 1 fully saturated rings.